The van der Waals surface area contributed by atoms with Gasteiger partial charge in [0.05, 0.1) is 18.1 Å². The number of methoxy groups -OCH3 is 1. The first-order valence-electron chi connectivity index (χ1n) is 9.13. The van der Waals surface area contributed by atoms with Crippen molar-refractivity contribution in [1.29, 1.82) is 0 Å². The Morgan fingerprint density at radius 1 is 0.900 bits per heavy atom. The second-order valence-electron chi connectivity index (χ2n) is 6.85. The van der Waals surface area contributed by atoms with Crippen molar-refractivity contribution in [2.75, 3.05) is 7.11 Å². The summed E-state index contributed by atoms with van der Waals surface area (Å²) in [5.41, 5.74) is 1.05. The zero-order chi connectivity index (χ0) is 21.4. The van der Waals surface area contributed by atoms with Gasteiger partial charge in [-0.1, -0.05) is 12.1 Å². The van der Waals surface area contributed by atoms with Crippen molar-refractivity contribution in [1.82, 2.24) is 0 Å². The van der Waals surface area contributed by atoms with Crippen LogP contribution in [0.5, 0.6) is 11.5 Å². The van der Waals surface area contributed by atoms with Crippen LogP contribution in [0.15, 0.2) is 57.9 Å². The quantitative estimate of drug-likeness (QED) is 0.482. The van der Waals surface area contributed by atoms with Crippen LogP contribution < -0.4 is 14.9 Å². The molecule has 2 aromatic carbocycles. The summed E-state index contributed by atoms with van der Waals surface area (Å²) in [6.45, 7) is 0. The molecule has 1 aliphatic rings. The molecule has 0 amide bonds. The highest BCUT2D eigenvalue weighted by Gasteiger charge is 2.44. The molecule has 5 atom stereocenters. The highest BCUT2D eigenvalue weighted by molar-refractivity contribution is 5.82. The molecule has 0 spiro atoms. The Balaban J connectivity index is 1.61. The van der Waals surface area contributed by atoms with Gasteiger partial charge in [0.25, 0.3) is 0 Å². The summed E-state index contributed by atoms with van der Waals surface area (Å²) in [6.07, 6.45) is -6.72. The van der Waals surface area contributed by atoms with E-state index < -0.39 is 30.9 Å². The second kappa shape index (κ2) is 8.05. The first-order chi connectivity index (χ1) is 14.4. The van der Waals surface area contributed by atoms with Crippen LogP contribution in [0.1, 0.15) is 0 Å². The minimum absolute atomic E-state index is 0.169. The molecule has 0 radical (unpaired) electrons. The number of aliphatic hydroxyl groups is 4. The van der Waals surface area contributed by atoms with E-state index in [1.165, 1.54) is 24.5 Å². The number of aliphatic hydroxyl groups excluding tert-OH is 4. The van der Waals surface area contributed by atoms with Crippen LogP contribution in [-0.4, -0.2) is 58.4 Å². The molecule has 0 bridgehead atoms. The maximum absolute atomic E-state index is 12.9. The van der Waals surface area contributed by atoms with Gasteiger partial charge in [-0.3, -0.25) is 4.79 Å². The van der Waals surface area contributed by atoms with Gasteiger partial charge in [0, 0.05) is 6.07 Å². The van der Waals surface area contributed by atoms with Crippen LogP contribution in [0.2, 0.25) is 0 Å². The number of rotatable bonds is 4. The molecule has 3 aromatic rings. The van der Waals surface area contributed by atoms with E-state index in [-0.39, 0.29) is 16.8 Å². The van der Waals surface area contributed by atoms with Crippen molar-refractivity contribution >= 4 is 11.0 Å². The van der Waals surface area contributed by atoms with Crippen molar-refractivity contribution in [3.05, 3.63) is 59.0 Å². The Morgan fingerprint density at radius 2 is 1.60 bits per heavy atom. The van der Waals surface area contributed by atoms with Crippen molar-refractivity contribution in [3.63, 3.8) is 0 Å². The molecule has 158 valence electrons. The fourth-order valence-electron chi connectivity index (χ4n) is 3.21. The molecule has 9 heteroatoms. The van der Waals surface area contributed by atoms with Gasteiger partial charge in [0.2, 0.25) is 6.29 Å². The van der Waals surface area contributed by atoms with E-state index in [0.717, 1.165) is 0 Å². The molecular formula is C21H20O9. The highest BCUT2D eigenvalue weighted by atomic mass is 16.7. The SMILES string of the molecule is COc1ccc(-c2coc3cc(OC4OC(O)C(O)C(O)C4O)ccc3c2=O)cc1. The lowest BCUT2D eigenvalue weighted by atomic mass is 10.0. The third-order valence-corrected chi connectivity index (χ3v) is 4.94. The first-order valence-corrected chi connectivity index (χ1v) is 9.13. The van der Waals surface area contributed by atoms with Gasteiger partial charge in [0.15, 0.2) is 11.7 Å². The summed E-state index contributed by atoms with van der Waals surface area (Å²) in [5.74, 6) is 0.836. The second-order valence-corrected chi connectivity index (χ2v) is 6.85. The number of fused-ring (bicyclic) bond motifs is 1. The fourth-order valence-corrected chi connectivity index (χ4v) is 3.21. The van der Waals surface area contributed by atoms with E-state index in [2.05, 4.69) is 0 Å². The molecule has 4 N–H and O–H groups in total. The Kier molecular flexibility index (Phi) is 5.46. The van der Waals surface area contributed by atoms with Gasteiger partial charge >= 0.3 is 0 Å². The smallest absolute Gasteiger partial charge is 0.231 e. The molecule has 30 heavy (non-hydrogen) atoms. The molecule has 0 saturated carbocycles. The average Bonchev–Trinajstić information content (AvgIpc) is 2.76. The lowest BCUT2D eigenvalue weighted by Crippen LogP contribution is -2.59. The van der Waals surface area contributed by atoms with Crippen LogP contribution in [0.4, 0.5) is 0 Å². The minimum atomic E-state index is -1.72. The van der Waals surface area contributed by atoms with Crippen LogP contribution in [-0.2, 0) is 4.74 Å². The number of hydrogen-bond donors (Lipinski definition) is 4. The average molecular weight is 416 g/mol. The molecule has 1 aromatic heterocycles. The molecular weight excluding hydrogens is 396 g/mol. The van der Waals surface area contributed by atoms with E-state index >= 15 is 0 Å². The molecule has 1 fully saturated rings. The summed E-state index contributed by atoms with van der Waals surface area (Å²) >= 11 is 0. The van der Waals surface area contributed by atoms with Crippen molar-refractivity contribution in [2.45, 2.75) is 30.9 Å². The van der Waals surface area contributed by atoms with Crippen LogP contribution in [0, 0.1) is 0 Å². The standard InChI is InChI=1S/C21H20O9/c1-27-11-4-2-10(3-5-11)14-9-28-15-8-12(6-7-13(15)16(14)22)29-21-19(25)17(23)18(24)20(26)30-21/h2-9,17-21,23-26H,1H3. The molecule has 5 unspecified atom stereocenters. The summed E-state index contributed by atoms with van der Waals surface area (Å²) in [6, 6.07) is 11.4. The Bertz CT molecular complexity index is 1090. The van der Waals surface area contributed by atoms with E-state index in [0.29, 0.717) is 22.3 Å². The van der Waals surface area contributed by atoms with Crippen molar-refractivity contribution in [3.8, 4) is 22.6 Å². The summed E-state index contributed by atoms with van der Waals surface area (Å²) in [5, 5.41) is 39.2. The number of benzene rings is 2. The summed E-state index contributed by atoms with van der Waals surface area (Å²) in [4.78, 5) is 12.9. The van der Waals surface area contributed by atoms with Crippen molar-refractivity contribution < 1.29 is 39.1 Å². The molecule has 9 nitrogen and oxygen atoms in total. The van der Waals surface area contributed by atoms with E-state index in [9.17, 15) is 25.2 Å². The predicted molar refractivity (Wildman–Crippen MR) is 104 cm³/mol. The van der Waals surface area contributed by atoms with E-state index in [4.69, 9.17) is 18.6 Å². The number of hydrogen-bond acceptors (Lipinski definition) is 9. The lowest BCUT2D eigenvalue weighted by Gasteiger charge is -2.37. The summed E-state index contributed by atoms with van der Waals surface area (Å²) in [7, 11) is 1.56. The predicted octanol–water partition coefficient (Wildman–Crippen LogP) is 0.605. The van der Waals surface area contributed by atoms with Crippen molar-refractivity contribution in [2.24, 2.45) is 0 Å². The zero-order valence-corrected chi connectivity index (χ0v) is 15.8. The molecule has 2 heterocycles. The third kappa shape index (κ3) is 3.64. The van der Waals surface area contributed by atoms with Crippen LogP contribution in [0.3, 0.4) is 0 Å². The van der Waals surface area contributed by atoms with Crippen LogP contribution >= 0.6 is 0 Å². The van der Waals surface area contributed by atoms with Gasteiger partial charge in [0.1, 0.15) is 41.7 Å². The summed E-state index contributed by atoms with van der Waals surface area (Å²) < 4.78 is 21.2. The molecule has 0 aliphatic carbocycles. The zero-order valence-electron chi connectivity index (χ0n) is 15.8. The monoisotopic (exact) mass is 416 g/mol. The third-order valence-electron chi connectivity index (χ3n) is 4.94. The normalized spacial score (nSPS) is 26.5. The van der Waals surface area contributed by atoms with E-state index in [1.54, 1.807) is 31.4 Å². The topological polar surface area (TPSA) is 139 Å². The van der Waals surface area contributed by atoms with E-state index in [1.807, 2.05) is 0 Å². The van der Waals surface area contributed by atoms with Gasteiger partial charge in [-0.25, -0.2) is 0 Å². The number of ether oxygens (including phenoxy) is 3. The minimum Gasteiger partial charge on any atom is -0.497 e. The Labute approximate surface area is 170 Å². The first kappa shape index (κ1) is 20.3. The Hall–Kier alpha value is -2.95. The molecule has 1 saturated heterocycles. The van der Waals surface area contributed by atoms with Gasteiger partial charge in [-0.05, 0) is 29.8 Å². The van der Waals surface area contributed by atoms with Gasteiger partial charge in [-0.15, -0.1) is 0 Å². The maximum atomic E-state index is 12.9. The highest BCUT2D eigenvalue weighted by Crippen LogP contribution is 2.27. The largest absolute Gasteiger partial charge is 0.497 e. The molecule has 1 aliphatic heterocycles. The lowest BCUT2D eigenvalue weighted by molar-refractivity contribution is -0.321. The fraction of sp³-hybridized carbons (Fsp3) is 0.286. The Morgan fingerprint density at radius 3 is 2.30 bits per heavy atom. The maximum Gasteiger partial charge on any atom is 0.231 e. The van der Waals surface area contributed by atoms with Gasteiger partial charge < -0.3 is 39.1 Å². The molecule has 4 rings (SSSR count). The van der Waals surface area contributed by atoms with Gasteiger partial charge in [-0.2, -0.15) is 0 Å². The van der Waals surface area contributed by atoms with Crippen LogP contribution in [0.25, 0.3) is 22.1 Å².